The van der Waals surface area contributed by atoms with Crippen molar-refractivity contribution in [3.8, 4) is 0 Å². The largest absolute Gasteiger partial charge is 0.256 e. The second kappa shape index (κ2) is 28.7. The van der Waals surface area contributed by atoms with E-state index in [1.165, 1.54) is 199 Å². The van der Waals surface area contributed by atoms with E-state index < -0.39 is 0 Å². The highest BCUT2D eigenvalue weighted by Crippen LogP contribution is 2.15. The first-order valence-corrected chi connectivity index (χ1v) is 18.4. The van der Waals surface area contributed by atoms with E-state index in [2.05, 4.69) is 42.3 Å². The summed E-state index contributed by atoms with van der Waals surface area (Å²) in [4.78, 5) is 0. The molecule has 0 unspecified atom stereocenters. The van der Waals surface area contributed by atoms with Gasteiger partial charge < -0.3 is 0 Å². The molecule has 1 rings (SSSR count). The van der Waals surface area contributed by atoms with Crippen LogP contribution in [0, 0.1) is 0 Å². The average molecular weight is 546 g/mol. The molecule has 0 aliphatic carbocycles. The first kappa shape index (κ1) is 36.2. The molecular weight excluding hydrogens is 472 g/mol. The Kier molecular flexibility index (Phi) is 26.7. The maximum atomic E-state index is 2.62. The number of imidazole rings is 1. The Morgan fingerprint density at radius 1 is 0.436 bits per heavy atom. The molecule has 0 N–H and O–H groups in total. The molecule has 230 valence electrons. The molecule has 39 heavy (non-hydrogen) atoms. The maximum Gasteiger partial charge on any atom is 0.256 e. The molecule has 0 saturated carbocycles. The molecule has 0 aromatic carbocycles. The summed E-state index contributed by atoms with van der Waals surface area (Å²) in [6, 6.07) is 0. The summed E-state index contributed by atoms with van der Waals surface area (Å²) >= 11 is 0. The Bertz CT molecular complexity index is 605. The lowest BCUT2D eigenvalue weighted by atomic mass is 10.0. The third-order valence-corrected chi connectivity index (χ3v) is 8.85. The molecule has 0 aliphatic rings. The van der Waals surface area contributed by atoms with Crippen LogP contribution in [0.3, 0.4) is 0 Å². The highest BCUT2D eigenvalue weighted by Gasteiger charge is 2.16. The van der Waals surface area contributed by atoms with Gasteiger partial charge in [0, 0.05) is 6.42 Å². The molecule has 0 radical (unpaired) electrons. The van der Waals surface area contributed by atoms with E-state index in [4.69, 9.17) is 0 Å². The number of aromatic nitrogens is 2. The molecule has 0 saturated heterocycles. The van der Waals surface area contributed by atoms with Crippen LogP contribution in [0.1, 0.15) is 206 Å². The van der Waals surface area contributed by atoms with Gasteiger partial charge in [-0.1, -0.05) is 168 Å². The van der Waals surface area contributed by atoms with E-state index >= 15 is 0 Å². The molecule has 2 heteroatoms. The van der Waals surface area contributed by atoms with Crippen LogP contribution in [-0.4, -0.2) is 4.57 Å². The van der Waals surface area contributed by atoms with Crippen LogP contribution in [0.25, 0.3) is 0 Å². The van der Waals surface area contributed by atoms with Crippen LogP contribution in [0.2, 0.25) is 0 Å². The molecule has 1 heterocycles. The summed E-state index contributed by atoms with van der Waals surface area (Å²) < 4.78 is 5.25. The Labute approximate surface area is 247 Å². The normalized spacial score (nSPS) is 11.6. The van der Waals surface area contributed by atoms with Gasteiger partial charge in [0.1, 0.15) is 12.4 Å². The SMILES string of the molecule is CCCCCCCCCCCCCCCc1n(CCCCCCCCCC)cc[n+]1CCCCCCCCC. The summed E-state index contributed by atoms with van der Waals surface area (Å²) in [5, 5.41) is 0. The van der Waals surface area contributed by atoms with Crippen molar-refractivity contribution in [1.82, 2.24) is 4.57 Å². The number of unbranched alkanes of at least 4 members (excludes halogenated alkanes) is 25. The maximum absolute atomic E-state index is 2.62. The van der Waals surface area contributed by atoms with Crippen LogP contribution >= 0.6 is 0 Å². The Morgan fingerprint density at radius 3 is 1.23 bits per heavy atom. The Morgan fingerprint density at radius 2 is 0.795 bits per heavy atom. The number of hydrogen-bond acceptors (Lipinski definition) is 0. The molecular formula is C37H73N2+. The van der Waals surface area contributed by atoms with E-state index in [1.807, 2.05) is 0 Å². The van der Waals surface area contributed by atoms with Crippen molar-refractivity contribution in [2.45, 2.75) is 220 Å². The minimum atomic E-state index is 1.23. The van der Waals surface area contributed by atoms with Gasteiger partial charge in [0.2, 0.25) is 0 Å². The average Bonchev–Trinajstić information content (AvgIpc) is 3.33. The molecule has 0 spiro atoms. The summed E-state index contributed by atoms with van der Waals surface area (Å²) in [7, 11) is 0. The molecule has 0 fully saturated rings. The van der Waals surface area contributed by atoms with Crippen LogP contribution in [-0.2, 0) is 19.5 Å². The predicted molar refractivity (Wildman–Crippen MR) is 175 cm³/mol. The zero-order valence-electron chi connectivity index (χ0n) is 27.5. The lowest BCUT2D eigenvalue weighted by Gasteiger charge is -2.07. The summed E-state index contributed by atoms with van der Waals surface area (Å²) in [5.74, 6) is 1.62. The van der Waals surface area contributed by atoms with E-state index in [0.717, 1.165) is 0 Å². The standard InChI is InChI=1S/C37H73N2/c1-4-7-10-13-16-18-19-20-21-22-23-26-29-32-37-38(33-30-27-24-15-12-9-6-3)35-36-39(37)34-31-28-25-17-14-11-8-5-2/h35-36H,4-34H2,1-3H3/q+1. The molecule has 0 bridgehead atoms. The third-order valence-electron chi connectivity index (χ3n) is 8.85. The molecule has 2 nitrogen and oxygen atoms in total. The number of hydrogen-bond donors (Lipinski definition) is 0. The van der Waals surface area contributed by atoms with Gasteiger partial charge in [-0.3, -0.25) is 0 Å². The lowest BCUT2D eigenvalue weighted by Crippen LogP contribution is -2.37. The molecule has 0 atom stereocenters. The molecule has 0 amide bonds. The zero-order valence-corrected chi connectivity index (χ0v) is 27.5. The number of rotatable bonds is 31. The van der Waals surface area contributed by atoms with Crippen molar-refractivity contribution >= 4 is 0 Å². The molecule has 0 aliphatic heterocycles. The second-order valence-corrected chi connectivity index (χ2v) is 12.7. The Balaban J connectivity index is 2.29. The van der Waals surface area contributed by atoms with Gasteiger partial charge >= 0.3 is 0 Å². The van der Waals surface area contributed by atoms with Gasteiger partial charge in [0.05, 0.1) is 13.1 Å². The lowest BCUT2D eigenvalue weighted by molar-refractivity contribution is -0.704. The summed E-state index contributed by atoms with van der Waals surface area (Å²) in [6.07, 6.45) is 45.9. The fourth-order valence-electron chi connectivity index (χ4n) is 6.15. The predicted octanol–water partition coefficient (Wildman–Crippen LogP) is 12.3. The smallest absolute Gasteiger partial charge is 0.234 e. The van der Waals surface area contributed by atoms with Gasteiger partial charge in [0.25, 0.3) is 5.82 Å². The van der Waals surface area contributed by atoms with Crippen LogP contribution in [0.15, 0.2) is 12.4 Å². The van der Waals surface area contributed by atoms with Crippen LogP contribution < -0.4 is 4.57 Å². The van der Waals surface area contributed by atoms with E-state index in [0.29, 0.717) is 0 Å². The topological polar surface area (TPSA) is 8.81 Å². The second-order valence-electron chi connectivity index (χ2n) is 12.7. The minimum Gasteiger partial charge on any atom is -0.234 e. The fourth-order valence-corrected chi connectivity index (χ4v) is 6.15. The van der Waals surface area contributed by atoms with Crippen molar-refractivity contribution in [1.29, 1.82) is 0 Å². The van der Waals surface area contributed by atoms with Gasteiger partial charge in [-0.05, 0) is 32.1 Å². The van der Waals surface area contributed by atoms with Gasteiger partial charge in [0.15, 0.2) is 0 Å². The molecule has 1 aromatic rings. The van der Waals surface area contributed by atoms with Crippen molar-refractivity contribution in [2.75, 3.05) is 0 Å². The van der Waals surface area contributed by atoms with Gasteiger partial charge in [-0.25, -0.2) is 9.13 Å². The van der Waals surface area contributed by atoms with Crippen LogP contribution in [0.5, 0.6) is 0 Å². The zero-order chi connectivity index (χ0) is 28.1. The van der Waals surface area contributed by atoms with E-state index in [1.54, 1.807) is 5.82 Å². The van der Waals surface area contributed by atoms with Crippen LogP contribution in [0.4, 0.5) is 0 Å². The summed E-state index contributed by atoms with van der Waals surface area (Å²) in [5.41, 5.74) is 0. The van der Waals surface area contributed by atoms with Crippen molar-refractivity contribution in [2.24, 2.45) is 0 Å². The first-order valence-electron chi connectivity index (χ1n) is 18.4. The monoisotopic (exact) mass is 546 g/mol. The first-order chi connectivity index (χ1) is 19.3. The minimum absolute atomic E-state index is 1.23. The Hall–Kier alpha value is -0.790. The van der Waals surface area contributed by atoms with Crippen molar-refractivity contribution < 1.29 is 4.57 Å². The summed E-state index contributed by atoms with van der Waals surface area (Å²) in [6.45, 7) is 9.39. The fraction of sp³-hybridized carbons (Fsp3) is 0.919. The quantitative estimate of drug-likeness (QED) is 0.0648. The van der Waals surface area contributed by atoms with Crippen molar-refractivity contribution in [3.05, 3.63) is 18.2 Å². The van der Waals surface area contributed by atoms with Crippen molar-refractivity contribution in [3.63, 3.8) is 0 Å². The number of aryl methyl sites for hydroxylation is 2. The van der Waals surface area contributed by atoms with Gasteiger partial charge in [-0.15, -0.1) is 0 Å². The van der Waals surface area contributed by atoms with E-state index in [-0.39, 0.29) is 0 Å². The van der Waals surface area contributed by atoms with Gasteiger partial charge in [-0.2, -0.15) is 0 Å². The molecule has 1 aromatic heterocycles. The highest BCUT2D eigenvalue weighted by molar-refractivity contribution is 4.84. The third kappa shape index (κ3) is 21.6. The highest BCUT2D eigenvalue weighted by atomic mass is 15.1. The number of nitrogens with zero attached hydrogens (tertiary/aromatic N) is 2. The van der Waals surface area contributed by atoms with E-state index in [9.17, 15) is 0 Å².